The van der Waals surface area contributed by atoms with Crippen LogP contribution in [0.3, 0.4) is 0 Å². The van der Waals surface area contributed by atoms with Gasteiger partial charge in [-0.3, -0.25) is 0 Å². The summed E-state index contributed by atoms with van der Waals surface area (Å²) in [7, 11) is 0. The topological polar surface area (TPSA) is 12.1 Å². The van der Waals surface area contributed by atoms with Gasteiger partial charge in [-0.05, 0) is 76.9 Å². The number of fused-ring (bicyclic) bond motifs is 15. The summed E-state index contributed by atoms with van der Waals surface area (Å²) in [6.07, 6.45) is 0. The number of anilines is 3. The summed E-state index contributed by atoms with van der Waals surface area (Å²) in [5.41, 5.74) is 16.1. The van der Waals surface area contributed by atoms with Crippen LogP contribution in [0.15, 0.2) is 164 Å². The second-order valence-corrected chi connectivity index (χ2v) is 16.8. The van der Waals surface area contributed by atoms with Gasteiger partial charge in [0.25, 0.3) is 0 Å². The monoisotopic (exact) mass is 719 g/mol. The predicted molar refractivity (Wildman–Crippen MR) is 235 cm³/mol. The molecule has 0 amide bonds. The number of benzene rings is 8. The van der Waals surface area contributed by atoms with Gasteiger partial charge in [0.1, 0.15) is 0 Å². The van der Waals surface area contributed by atoms with Crippen molar-refractivity contribution >= 4 is 103 Å². The normalized spacial score (nSPS) is 13.8. The molecule has 55 heavy (non-hydrogen) atoms. The molecular formula is C51H33N3S. The van der Waals surface area contributed by atoms with Crippen molar-refractivity contribution in [2.75, 3.05) is 4.90 Å². The summed E-state index contributed by atoms with van der Waals surface area (Å²) in [6.45, 7) is 4.75. The average Bonchev–Trinajstić information content (AvgIpc) is 3.94. The number of nitrogens with zero attached hydrogens (tertiary/aromatic N) is 3. The van der Waals surface area contributed by atoms with Crippen molar-refractivity contribution in [2.24, 2.45) is 0 Å². The fourth-order valence-electron chi connectivity index (χ4n) is 10.2. The van der Waals surface area contributed by atoms with Gasteiger partial charge in [-0.2, -0.15) is 0 Å². The lowest BCUT2D eigenvalue weighted by molar-refractivity contribution is 0.660. The maximum Gasteiger partial charge on any atom is 0.0947 e. The lowest BCUT2D eigenvalue weighted by atomic mass is 9.82. The third-order valence-electron chi connectivity index (χ3n) is 12.6. The molecule has 0 unspecified atom stereocenters. The van der Waals surface area contributed by atoms with Crippen LogP contribution in [0.4, 0.5) is 17.1 Å². The molecule has 3 nitrogen and oxygen atoms in total. The molecular weight excluding hydrogens is 687 g/mol. The Morgan fingerprint density at radius 1 is 0.418 bits per heavy atom. The minimum absolute atomic E-state index is 0.128. The Morgan fingerprint density at radius 3 is 1.82 bits per heavy atom. The van der Waals surface area contributed by atoms with E-state index >= 15 is 0 Å². The Labute approximate surface area is 320 Å². The SMILES string of the molecule is CC1(C)c2ccccc2-c2ccc(N(c3ccc4c(c3)sc3ccccc34)c3cccc4c3n3c5ccccc5c5ccc6c7ccccc7n4c6c53)cc21. The molecule has 0 atom stereocenters. The fraction of sp³-hybridized carbons (Fsp3) is 0.0588. The first kappa shape index (κ1) is 29.8. The van der Waals surface area contributed by atoms with Crippen molar-refractivity contribution in [3.63, 3.8) is 0 Å². The van der Waals surface area contributed by atoms with Crippen molar-refractivity contribution in [2.45, 2.75) is 19.3 Å². The summed E-state index contributed by atoms with van der Waals surface area (Å²) >= 11 is 1.88. The van der Waals surface area contributed by atoms with E-state index in [1.54, 1.807) is 0 Å². The number of aromatic nitrogens is 2. The molecule has 8 aromatic carbocycles. The molecule has 258 valence electrons. The van der Waals surface area contributed by atoms with Gasteiger partial charge < -0.3 is 13.7 Å². The first-order valence-corrected chi connectivity index (χ1v) is 19.9. The van der Waals surface area contributed by atoms with Crippen molar-refractivity contribution < 1.29 is 0 Å². The molecule has 4 heterocycles. The van der Waals surface area contributed by atoms with Gasteiger partial charge in [-0.1, -0.05) is 123 Å². The van der Waals surface area contributed by atoms with Gasteiger partial charge in [0, 0.05) is 58.5 Å². The van der Waals surface area contributed by atoms with E-state index < -0.39 is 0 Å². The molecule has 0 fully saturated rings. The lowest BCUT2D eigenvalue weighted by Crippen LogP contribution is -2.17. The van der Waals surface area contributed by atoms with E-state index in [4.69, 9.17) is 0 Å². The third-order valence-corrected chi connectivity index (χ3v) is 13.7. The zero-order chi connectivity index (χ0) is 36.2. The van der Waals surface area contributed by atoms with E-state index in [0.29, 0.717) is 0 Å². The molecule has 0 saturated carbocycles. The first-order chi connectivity index (χ1) is 27.1. The fourth-order valence-corrected chi connectivity index (χ4v) is 11.3. The molecule has 13 rings (SSSR count). The maximum absolute atomic E-state index is 2.56. The molecule has 0 spiro atoms. The largest absolute Gasteiger partial charge is 0.308 e. The number of hydrogen-bond acceptors (Lipinski definition) is 2. The van der Waals surface area contributed by atoms with Crippen LogP contribution in [0.2, 0.25) is 0 Å². The van der Waals surface area contributed by atoms with Crippen LogP contribution in [0, 0.1) is 0 Å². The highest BCUT2D eigenvalue weighted by Crippen LogP contribution is 2.52. The number of thiophene rings is 1. The highest BCUT2D eigenvalue weighted by molar-refractivity contribution is 7.25. The van der Waals surface area contributed by atoms with E-state index in [-0.39, 0.29) is 5.41 Å². The van der Waals surface area contributed by atoms with Gasteiger partial charge in [0.05, 0.1) is 38.8 Å². The van der Waals surface area contributed by atoms with Crippen LogP contribution < -0.4 is 4.90 Å². The molecule has 4 heteroatoms. The van der Waals surface area contributed by atoms with Gasteiger partial charge in [-0.25, -0.2) is 0 Å². The first-order valence-electron chi connectivity index (χ1n) is 19.1. The van der Waals surface area contributed by atoms with E-state index in [2.05, 4.69) is 191 Å². The van der Waals surface area contributed by atoms with Crippen LogP contribution >= 0.6 is 11.3 Å². The van der Waals surface area contributed by atoms with Crippen molar-refractivity contribution in [1.29, 1.82) is 0 Å². The summed E-state index contributed by atoms with van der Waals surface area (Å²) < 4.78 is 7.70. The van der Waals surface area contributed by atoms with Crippen LogP contribution in [-0.4, -0.2) is 8.80 Å². The summed E-state index contributed by atoms with van der Waals surface area (Å²) in [4.78, 5) is 2.53. The van der Waals surface area contributed by atoms with Gasteiger partial charge in [0.15, 0.2) is 0 Å². The summed E-state index contributed by atoms with van der Waals surface area (Å²) in [5.74, 6) is 0. The zero-order valence-corrected chi connectivity index (χ0v) is 31.2. The zero-order valence-electron chi connectivity index (χ0n) is 30.3. The van der Waals surface area contributed by atoms with Gasteiger partial charge in [-0.15, -0.1) is 11.3 Å². The number of para-hydroxylation sites is 3. The Bertz CT molecular complexity index is 3590. The smallest absolute Gasteiger partial charge is 0.0947 e. The quantitative estimate of drug-likeness (QED) is 0.166. The molecule has 1 aliphatic rings. The van der Waals surface area contributed by atoms with E-state index in [9.17, 15) is 0 Å². The molecule has 12 aromatic rings. The highest BCUT2D eigenvalue weighted by atomic mass is 32.1. The predicted octanol–water partition coefficient (Wildman–Crippen LogP) is 14.4. The Hall–Kier alpha value is -6.62. The molecule has 0 radical (unpaired) electrons. The van der Waals surface area contributed by atoms with E-state index in [0.717, 1.165) is 17.1 Å². The lowest BCUT2D eigenvalue weighted by Gasteiger charge is -2.29. The summed E-state index contributed by atoms with van der Waals surface area (Å²) in [6, 6.07) is 61.4. The minimum atomic E-state index is -0.128. The molecule has 4 aromatic heterocycles. The molecule has 0 bridgehead atoms. The second kappa shape index (κ2) is 10.3. The van der Waals surface area contributed by atoms with E-state index in [1.807, 2.05) is 11.3 Å². The average molecular weight is 720 g/mol. The minimum Gasteiger partial charge on any atom is -0.308 e. The number of rotatable bonds is 3. The maximum atomic E-state index is 2.56. The Kier molecular flexibility index (Phi) is 5.59. The van der Waals surface area contributed by atoms with Crippen LogP contribution in [-0.2, 0) is 5.41 Å². The molecule has 0 aliphatic heterocycles. The van der Waals surface area contributed by atoms with Crippen molar-refractivity contribution in [3.05, 3.63) is 175 Å². The third kappa shape index (κ3) is 3.70. The number of hydrogen-bond donors (Lipinski definition) is 0. The molecule has 1 aliphatic carbocycles. The summed E-state index contributed by atoms with van der Waals surface area (Å²) in [5, 5.41) is 7.74. The Morgan fingerprint density at radius 2 is 1.00 bits per heavy atom. The van der Waals surface area contributed by atoms with Gasteiger partial charge >= 0.3 is 0 Å². The highest BCUT2D eigenvalue weighted by Gasteiger charge is 2.36. The Balaban J connectivity index is 1.19. The van der Waals surface area contributed by atoms with Crippen molar-refractivity contribution in [3.8, 4) is 11.1 Å². The van der Waals surface area contributed by atoms with Gasteiger partial charge in [0.2, 0.25) is 0 Å². The van der Waals surface area contributed by atoms with E-state index in [1.165, 1.54) is 97.1 Å². The molecule has 0 saturated heterocycles. The van der Waals surface area contributed by atoms with Crippen molar-refractivity contribution in [1.82, 2.24) is 8.80 Å². The second-order valence-electron chi connectivity index (χ2n) is 15.7. The standard InChI is InChI=1S/C51H33N3S/c1-51(2)40-16-7-3-12-32(40)33-24-22-30(28-41(33)51)52(31-23-25-37-36-15-6-10-21-46(36)55-47(37)29-31)44-19-11-20-45-50(44)54-43-18-9-5-14-35(43)39-27-26-38-34-13-4-8-17-42(34)53(45)48(38)49(39)54/h3-29H,1-2H3. The van der Waals surface area contributed by atoms with Crippen LogP contribution in [0.5, 0.6) is 0 Å². The van der Waals surface area contributed by atoms with Crippen LogP contribution in [0.1, 0.15) is 25.0 Å². The van der Waals surface area contributed by atoms with Crippen LogP contribution in [0.25, 0.3) is 85.9 Å². The molecule has 0 N–H and O–H groups in total.